The van der Waals surface area contributed by atoms with Crippen LogP contribution >= 0.6 is 0 Å². The molecule has 0 aliphatic heterocycles. The summed E-state index contributed by atoms with van der Waals surface area (Å²) in [6.07, 6.45) is 4.83. The summed E-state index contributed by atoms with van der Waals surface area (Å²) in [6, 6.07) is 4.67. The summed E-state index contributed by atoms with van der Waals surface area (Å²) in [4.78, 5) is 4.61. The molecule has 0 atom stereocenters. The molecular weight excluding hydrogens is 243 g/mol. The predicted octanol–water partition coefficient (Wildman–Crippen LogP) is 2.86. The van der Waals surface area contributed by atoms with Gasteiger partial charge >= 0.3 is 0 Å². The molecule has 0 amide bonds. The lowest BCUT2D eigenvalue weighted by Gasteiger charge is -2.02. The van der Waals surface area contributed by atoms with E-state index in [1.165, 1.54) is 18.9 Å². The van der Waals surface area contributed by atoms with Gasteiger partial charge < -0.3 is 5.73 Å². The number of nitrogens with two attached hydrogens (primary N) is 1. The van der Waals surface area contributed by atoms with Gasteiger partial charge in [-0.05, 0) is 31.0 Å². The van der Waals surface area contributed by atoms with E-state index in [4.69, 9.17) is 5.73 Å². The normalized spacial score (nSPS) is 16.1. The van der Waals surface area contributed by atoms with Crippen LogP contribution in [0.3, 0.4) is 0 Å². The van der Waals surface area contributed by atoms with Gasteiger partial charge in [-0.25, -0.2) is 14.1 Å². The highest BCUT2D eigenvalue weighted by atomic mass is 19.1. The highest BCUT2D eigenvalue weighted by Gasteiger charge is 2.22. The first-order valence-corrected chi connectivity index (χ1v) is 6.61. The van der Waals surface area contributed by atoms with E-state index in [0.29, 0.717) is 5.92 Å². The number of hydrogen-bond acceptors (Lipinski definition) is 3. The zero-order valence-electron chi connectivity index (χ0n) is 10.9. The van der Waals surface area contributed by atoms with Gasteiger partial charge in [0, 0.05) is 18.5 Å². The number of nitrogens with zero attached hydrogens (tertiary/aromatic N) is 3. The molecule has 3 rings (SSSR count). The smallest absolute Gasteiger partial charge is 0.158 e. The second-order valence-corrected chi connectivity index (χ2v) is 5.13. The SMILES string of the molecule is Cn1nc(C2CCCC2)nc1-c1ccc(F)c(N)c1. The molecule has 1 saturated carbocycles. The lowest BCUT2D eigenvalue weighted by molar-refractivity contribution is 0.632. The fourth-order valence-electron chi connectivity index (χ4n) is 2.70. The molecule has 0 spiro atoms. The molecule has 0 unspecified atom stereocenters. The van der Waals surface area contributed by atoms with Crippen molar-refractivity contribution in [1.29, 1.82) is 0 Å². The van der Waals surface area contributed by atoms with Gasteiger partial charge in [-0.1, -0.05) is 12.8 Å². The molecule has 5 heteroatoms. The Kier molecular flexibility index (Phi) is 2.97. The summed E-state index contributed by atoms with van der Waals surface area (Å²) in [5, 5.41) is 4.49. The zero-order chi connectivity index (χ0) is 13.4. The standard InChI is InChI=1S/C14H17FN4/c1-19-14(10-6-7-11(15)12(16)8-10)17-13(18-19)9-4-2-3-5-9/h6-9H,2-5,16H2,1H3. The predicted molar refractivity (Wildman–Crippen MR) is 72.0 cm³/mol. The van der Waals surface area contributed by atoms with Crippen LogP contribution in [0.2, 0.25) is 0 Å². The lowest BCUT2D eigenvalue weighted by atomic mass is 10.1. The fourth-order valence-corrected chi connectivity index (χ4v) is 2.70. The molecular formula is C14H17FN4. The molecule has 2 aromatic rings. The van der Waals surface area contributed by atoms with Crippen molar-refractivity contribution >= 4 is 5.69 Å². The van der Waals surface area contributed by atoms with Crippen LogP contribution < -0.4 is 5.73 Å². The van der Waals surface area contributed by atoms with Crippen LogP contribution in [-0.4, -0.2) is 14.8 Å². The van der Waals surface area contributed by atoms with Crippen LogP contribution in [-0.2, 0) is 7.05 Å². The summed E-state index contributed by atoms with van der Waals surface area (Å²) in [5.41, 5.74) is 6.55. The summed E-state index contributed by atoms with van der Waals surface area (Å²) in [7, 11) is 1.86. The molecule has 0 saturated heterocycles. The molecule has 1 aliphatic carbocycles. The minimum atomic E-state index is -0.401. The third kappa shape index (κ3) is 2.20. The number of halogens is 1. The van der Waals surface area contributed by atoms with Crippen molar-refractivity contribution in [2.24, 2.45) is 7.05 Å². The van der Waals surface area contributed by atoms with Crippen LogP contribution in [0.25, 0.3) is 11.4 Å². The Morgan fingerprint density at radius 3 is 2.74 bits per heavy atom. The van der Waals surface area contributed by atoms with E-state index < -0.39 is 5.82 Å². The molecule has 19 heavy (non-hydrogen) atoms. The second kappa shape index (κ2) is 4.64. The summed E-state index contributed by atoms with van der Waals surface area (Å²) in [5.74, 6) is 1.71. The maximum atomic E-state index is 13.2. The Morgan fingerprint density at radius 2 is 2.05 bits per heavy atom. The zero-order valence-corrected chi connectivity index (χ0v) is 10.9. The monoisotopic (exact) mass is 260 g/mol. The van der Waals surface area contributed by atoms with E-state index in [0.717, 1.165) is 30.1 Å². The minimum absolute atomic E-state index is 0.142. The Labute approximate surface area is 111 Å². The van der Waals surface area contributed by atoms with Gasteiger partial charge in [-0.3, -0.25) is 0 Å². The van der Waals surface area contributed by atoms with E-state index in [1.54, 1.807) is 16.8 Å². The second-order valence-electron chi connectivity index (χ2n) is 5.13. The van der Waals surface area contributed by atoms with E-state index in [2.05, 4.69) is 10.1 Å². The molecule has 0 bridgehead atoms. The molecule has 4 nitrogen and oxygen atoms in total. The Balaban J connectivity index is 1.97. The average molecular weight is 260 g/mol. The number of anilines is 1. The van der Waals surface area contributed by atoms with Gasteiger partial charge in [0.15, 0.2) is 11.6 Å². The number of aromatic nitrogens is 3. The van der Waals surface area contributed by atoms with E-state index in [-0.39, 0.29) is 5.69 Å². The molecule has 1 aliphatic rings. The summed E-state index contributed by atoms with van der Waals surface area (Å²) >= 11 is 0. The van der Waals surface area contributed by atoms with Crippen LogP contribution in [0, 0.1) is 5.82 Å². The van der Waals surface area contributed by atoms with Gasteiger partial charge in [-0.2, -0.15) is 5.10 Å². The lowest BCUT2D eigenvalue weighted by Crippen LogP contribution is -1.97. The maximum absolute atomic E-state index is 13.2. The quantitative estimate of drug-likeness (QED) is 0.845. The van der Waals surface area contributed by atoms with Crippen molar-refractivity contribution < 1.29 is 4.39 Å². The van der Waals surface area contributed by atoms with Crippen LogP contribution in [0.5, 0.6) is 0 Å². The molecule has 1 aromatic carbocycles. The fraction of sp³-hybridized carbons (Fsp3) is 0.429. The van der Waals surface area contributed by atoms with E-state index in [9.17, 15) is 4.39 Å². The molecule has 1 aromatic heterocycles. The largest absolute Gasteiger partial charge is 0.396 e. The first-order chi connectivity index (χ1) is 9.15. The van der Waals surface area contributed by atoms with Gasteiger partial charge in [0.1, 0.15) is 5.82 Å². The van der Waals surface area contributed by atoms with Crippen molar-refractivity contribution in [1.82, 2.24) is 14.8 Å². The molecule has 0 radical (unpaired) electrons. The number of benzene rings is 1. The highest BCUT2D eigenvalue weighted by molar-refractivity contribution is 5.61. The first-order valence-electron chi connectivity index (χ1n) is 6.61. The van der Waals surface area contributed by atoms with Crippen molar-refractivity contribution in [3.8, 4) is 11.4 Å². The Bertz CT molecular complexity index is 599. The van der Waals surface area contributed by atoms with E-state index in [1.807, 2.05) is 7.05 Å². The molecule has 1 fully saturated rings. The number of hydrogen-bond donors (Lipinski definition) is 1. The third-order valence-electron chi connectivity index (χ3n) is 3.75. The maximum Gasteiger partial charge on any atom is 0.158 e. The molecule has 1 heterocycles. The van der Waals surface area contributed by atoms with Gasteiger partial charge in [0.25, 0.3) is 0 Å². The average Bonchev–Trinajstić information content (AvgIpc) is 3.01. The van der Waals surface area contributed by atoms with Crippen molar-refractivity contribution in [2.45, 2.75) is 31.6 Å². The van der Waals surface area contributed by atoms with Crippen LogP contribution in [0.15, 0.2) is 18.2 Å². The number of nitrogen functional groups attached to an aromatic ring is 1. The summed E-state index contributed by atoms with van der Waals surface area (Å²) < 4.78 is 14.9. The molecule has 100 valence electrons. The third-order valence-corrected chi connectivity index (χ3v) is 3.75. The van der Waals surface area contributed by atoms with Crippen LogP contribution in [0.4, 0.5) is 10.1 Å². The van der Waals surface area contributed by atoms with Gasteiger partial charge in [0.05, 0.1) is 5.69 Å². The van der Waals surface area contributed by atoms with Crippen molar-refractivity contribution in [3.63, 3.8) is 0 Å². The van der Waals surface area contributed by atoms with Gasteiger partial charge in [-0.15, -0.1) is 0 Å². The topological polar surface area (TPSA) is 56.7 Å². The number of aryl methyl sites for hydroxylation is 1. The highest BCUT2D eigenvalue weighted by Crippen LogP contribution is 2.33. The van der Waals surface area contributed by atoms with Gasteiger partial charge in [0.2, 0.25) is 0 Å². The minimum Gasteiger partial charge on any atom is -0.396 e. The summed E-state index contributed by atoms with van der Waals surface area (Å²) in [6.45, 7) is 0. The van der Waals surface area contributed by atoms with E-state index >= 15 is 0 Å². The number of rotatable bonds is 2. The molecule has 2 N–H and O–H groups in total. The van der Waals surface area contributed by atoms with Crippen LogP contribution in [0.1, 0.15) is 37.4 Å². The first kappa shape index (κ1) is 12.1. The Morgan fingerprint density at radius 1 is 1.32 bits per heavy atom. The van der Waals surface area contributed by atoms with Crippen molar-refractivity contribution in [3.05, 3.63) is 29.8 Å². The Hall–Kier alpha value is -1.91. The van der Waals surface area contributed by atoms with Crippen molar-refractivity contribution in [2.75, 3.05) is 5.73 Å².